The van der Waals surface area contributed by atoms with Crippen molar-refractivity contribution in [2.24, 2.45) is 5.10 Å². The van der Waals surface area contributed by atoms with Crippen LogP contribution in [-0.4, -0.2) is 23.2 Å². The zero-order chi connectivity index (χ0) is 14.4. The Morgan fingerprint density at radius 3 is 2.21 bits per heavy atom. The number of rotatable bonds is 1. The van der Waals surface area contributed by atoms with Gasteiger partial charge in [-0.3, -0.25) is 0 Å². The van der Waals surface area contributed by atoms with Crippen LogP contribution in [0, 0.1) is 0 Å². The molecular weight excluding hydrogens is 327 g/mol. The van der Waals surface area contributed by atoms with Crippen molar-refractivity contribution < 1.29 is 18.3 Å². The molecule has 1 aromatic rings. The minimum Gasteiger partial charge on any atom is -0.362 e. The van der Waals surface area contributed by atoms with Gasteiger partial charge in [-0.05, 0) is 12.1 Å². The number of alkyl halides is 3. The van der Waals surface area contributed by atoms with E-state index in [1.165, 1.54) is 12.1 Å². The molecule has 0 aliphatic carbocycles. The standard InChI is InChI=1S/C10H6Cl3F3N2O/c11-5-3-6(12)8(7(13)4-5)18-9(19,1-2-17-18)10(14,15)16/h2-4,19H,1H2/t9-/m0/s1. The van der Waals surface area contributed by atoms with Crippen molar-refractivity contribution in [1.29, 1.82) is 0 Å². The third-order valence-electron chi connectivity index (χ3n) is 2.57. The van der Waals surface area contributed by atoms with Crippen molar-refractivity contribution in [2.45, 2.75) is 18.3 Å². The van der Waals surface area contributed by atoms with E-state index in [-0.39, 0.29) is 20.8 Å². The van der Waals surface area contributed by atoms with Gasteiger partial charge in [-0.15, -0.1) is 0 Å². The molecule has 0 saturated heterocycles. The first-order chi connectivity index (χ1) is 8.67. The second-order valence-corrected chi connectivity index (χ2v) is 5.10. The maximum Gasteiger partial charge on any atom is 0.438 e. The molecule has 0 amide bonds. The van der Waals surface area contributed by atoms with Gasteiger partial charge < -0.3 is 5.11 Å². The van der Waals surface area contributed by atoms with Gasteiger partial charge in [0.2, 0.25) is 0 Å². The lowest BCUT2D eigenvalue weighted by Crippen LogP contribution is -2.55. The van der Waals surface area contributed by atoms with Crippen LogP contribution in [0.3, 0.4) is 0 Å². The summed E-state index contributed by atoms with van der Waals surface area (Å²) in [6, 6.07) is 2.43. The predicted octanol–water partition coefficient (Wildman–Crippen LogP) is 4.09. The van der Waals surface area contributed by atoms with Gasteiger partial charge in [-0.2, -0.15) is 18.3 Å². The van der Waals surface area contributed by atoms with E-state index in [1.54, 1.807) is 0 Å². The lowest BCUT2D eigenvalue weighted by molar-refractivity contribution is -0.254. The number of anilines is 1. The Hall–Kier alpha value is -0.690. The van der Waals surface area contributed by atoms with Crippen LogP contribution in [0.5, 0.6) is 0 Å². The minimum absolute atomic E-state index is 0.140. The molecule has 1 atom stereocenters. The van der Waals surface area contributed by atoms with E-state index in [1.807, 2.05) is 0 Å². The maximum absolute atomic E-state index is 12.9. The van der Waals surface area contributed by atoms with Gasteiger partial charge >= 0.3 is 6.18 Å². The van der Waals surface area contributed by atoms with Crippen LogP contribution in [0.4, 0.5) is 18.9 Å². The molecule has 104 valence electrons. The molecule has 0 bridgehead atoms. The maximum atomic E-state index is 12.9. The van der Waals surface area contributed by atoms with E-state index < -0.39 is 18.3 Å². The number of hydrogen-bond acceptors (Lipinski definition) is 3. The van der Waals surface area contributed by atoms with Crippen LogP contribution < -0.4 is 5.01 Å². The highest BCUT2D eigenvalue weighted by atomic mass is 35.5. The molecule has 0 aromatic heterocycles. The van der Waals surface area contributed by atoms with Gasteiger partial charge in [-0.25, -0.2) is 5.01 Å². The molecule has 9 heteroatoms. The SMILES string of the molecule is O[C@]1(C(F)(F)F)CC=NN1c1c(Cl)cc(Cl)cc1Cl. The van der Waals surface area contributed by atoms with Gasteiger partial charge in [-0.1, -0.05) is 34.8 Å². The number of benzene rings is 1. The number of hydrogen-bond donors (Lipinski definition) is 1. The number of halogens is 6. The Morgan fingerprint density at radius 1 is 1.21 bits per heavy atom. The van der Waals surface area contributed by atoms with Crippen LogP contribution in [-0.2, 0) is 0 Å². The summed E-state index contributed by atoms with van der Waals surface area (Å²) < 4.78 is 38.8. The average Bonchev–Trinajstić information content (AvgIpc) is 2.60. The van der Waals surface area contributed by atoms with E-state index in [0.717, 1.165) is 6.21 Å². The quantitative estimate of drug-likeness (QED) is 0.840. The zero-order valence-electron chi connectivity index (χ0n) is 9.05. The highest BCUT2D eigenvalue weighted by molar-refractivity contribution is 6.41. The van der Waals surface area contributed by atoms with Gasteiger partial charge in [0.25, 0.3) is 5.72 Å². The van der Waals surface area contributed by atoms with E-state index in [9.17, 15) is 18.3 Å². The van der Waals surface area contributed by atoms with Gasteiger partial charge in [0.05, 0.1) is 10.0 Å². The molecule has 0 radical (unpaired) electrons. The van der Waals surface area contributed by atoms with Crippen LogP contribution in [0.25, 0.3) is 0 Å². The monoisotopic (exact) mass is 332 g/mol. The van der Waals surface area contributed by atoms with E-state index in [0.29, 0.717) is 5.01 Å². The van der Waals surface area contributed by atoms with Crippen LogP contribution >= 0.6 is 34.8 Å². The molecule has 0 unspecified atom stereocenters. The Bertz CT molecular complexity index is 526. The zero-order valence-corrected chi connectivity index (χ0v) is 11.3. The summed E-state index contributed by atoms with van der Waals surface area (Å²) in [5.74, 6) is 0. The third kappa shape index (κ3) is 2.38. The van der Waals surface area contributed by atoms with Crippen molar-refractivity contribution in [3.63, 3.8) is 0 Å². The fourth-order valence-electron chi connectivity index (χ4n) is 1.65. The van der Waals surface area contributed by atoms with Crippen LogP contribution in [0.15, 0.2) is 17.2 Å². The topological polar surface area (TPSA) is 35.8 Å². The summed E-state index contributed by atoms with van der Waals surface area (Å²) >= 11 is 17.3. The highest BCUT2D eigenvalue weighted by Crippen LogP contribution is 2.46. The van der Waals surface area contributed by atoms with Gasteiger partial charge in [0.15, 0.2) is 0 Å². The fourth-order valence-corrected chi connectivity index (χ4v) is 2.62. The summed E-state index contributed by atoms with van der Waals surface area (Å²) in [6.45, 7) is 0. The molecule has 1 N–H and O–H groups in total. The number of nitrogens with zero attached hydrogens (tertiary/aromatic N) is 2. The molecule has 0 spiro atoms. The van der Waals surface area contributed by atoms with Crippen LogP contribution in [0.2, 0.25) is 15.1 Å². The molecule has 0 fully saturated rings. The van der Waals surface area contributed by atoms with E-state index in [2.05, 4.69) is 5.10 Å². The average molecular weight is 334 g/mol. The first-order valence-corrected chi connectivity index (χ1v) is 6.06. The first-order valence-electron chi connectivity index (χ1n) is 4.93. The predicted molar refractivity (Wildman–Crippen MR) is 68.1 cm³/mol. The summed E-state index contributed by atoms with van der Waals surface area (Å²) in [7, 11) is 0. The van der Waals surface area contributed by atoms with Crippen LogP contribution in [0.1, 0.15) is 6.42 Å². The Kier molecular flexibility index (Phi) is 3.64. The number of hydrazone groups is 1. The molecule has 2 rings (SSSR count). The molecule has 0 saturated carbocycles. The van der Waals surface area contributed by atoms with Crippen molar-refractivity contribution in [1.82, 2.24) is 0 Å². The van der Waals surface area contributed by atoms with Crippen molar-refractivity contribution in [3.8, 4) is 0 Å². The minimum atomic E-state index is -4.92. The normalized spacial score (nSPS) is 23.2. The first kappa shape index (κ1) is 14.7. The Labute approximate surface area is 121 Å². The molecule has 3 nitrogen and oxygen atoms in total. The second kappa shape index (κ2) is 4.70. The van der Waals surface area contributed by atoms with Gasteiger partial charge in [0.1, 0.15) is 5.69 Å². The van der Waals surface area contributed by atoms with Crippen molar-refractivity contribution in [2.75, 3.05) is 5.01 Å². The number of aliphatic hydroxyl groups is 1. The molecule has 1 aliphatic heterocycles. The molecule has 1 aromatic carbocycles. The smallest absolute Gasteiger partial charge is 0.362 e. The summed E-state index contributed by atoms with van der Waals surface area (Å²) in [4.78, 5) is 0. The van der Waals surface area contributed by atoms with E-state index >= 15 is 0 Å². The van der Waals surface area contributed by atoms with Crippen molar-refractivity contribution >= 4 is 46.7 Å². The fraction of sp³-hybridized carbons (Fsp3) is 0.300. The third-order valence-corrected chi connectivity index (χ3v) is 3.37. The lowest BCUT2D eigenvalue weighted by atomic mass is 10.1. The van der Waals surface area contributed by atoms with Crippen molar-refractivity contribution in [3.05, 3.63) is 27.2 Å². The Morgan fingerprint density at radius 2 is 1.74 bits per heavy atom. The summed E-state index contributed by atoms with van der Waals surface area (Å²) in [5, 5.41) is 13.5. The lowest BCUT2D eigenvalue weighted by Gasteiger charge is -2.34. The molecule has 1 aliphatic rings. The molecule has 1 heterocycles. The van der Waals surface area contributed by atoms with E-state index in [4.69, 9.17) is 34.8 Å². The second-order valence-electron chi connectivity index (χ2n) is 3.85. The largest absolute Gasteiger partial charge is 0.438 e. The highest BCUT2D eigenvalue weighted by Gasteiger charge is 2.60. The molecular formula is C10H6Cl3F3N2O. The van der Waals surface area contributed by atoms with Gasteiger partial charge in [0, 0.05) is 17.7 Å². The summed E-state index contributed by atoms with van der Waals surface area (Å²) in [6.07, 6.45) is -4.70. The summed E-state index contributed by atoms with van der Waals surface area (Å²) in [5.41, 5.74) is -3.42. The molecule has 19 heavy (non-hydrogen) atoms. The Balaban J connectivity index is 2.56.